The summed E-state index contributed by atoms with van der Waals surface area (Å²) in [7, 11) is 0. The van der Waals surface area contributed by atoms with Crippen molar-refractivity contribution in [3.8, 4) is 0 Å². The van der Waals surface area contributed by atoms with E-state index in [-0.39, 0.29) is 30.7 Å². The molecule has 1 aliphatic carbocycles. The second kappa shape index (κ2) is 13.1. The van der Waals surface area contributed by atoms with Crippen LogP contribution in [0.1, 0.15) is 71.3 Å². The van der Waals surface area contributed by atoms with E-state index in [4.69, 9.17) is 5.73 Å². The largest absolute Gasteiger partial charge is 0.320 e. The van der Waals surface area contributed by atoms with E-state index in [0.717, 1.165) is 31.2 Å². The number of amides is 3. The van der Waals surface area contributed by atoms with Crippen LogP contribution in [0.3, 0.4) is 0 Å². The van der Waals surface area contributed by atoms with E-state index >= 15 is 0 Å². The molecule has 8 nitrogen and oxygen atoms in total. The average molecular weight is 459 g/mol. The maximum absolute atomic E-state index is 13.5. The number of nitrogens with one attached hydrogen (secondary N) is 1. The molecule has 1 aliphatic rings. The van der Waals surface area contributed by atoms with Crippen LogP contribution >= 0.6 is 0 Å². The van der Waals surface area contributed by atoms with Gasteiger partial charge in [0.15, 0.2) is 0 Å². The third-order valence-electron chi connectivity index (χ3n) is 5.89. The van der Waals surface area contributed by atoms with Crippen molar-refractivity contribution in [2.75, 3.05) is 0 Å². The molecule has 182 valence electrons. The van der Waals surface area contributed by atoms with Gasteiger partial charge in [-0.1, -0.05) is 69.2 Å². The maximum atomic E-state index is 13.5. The van der Waals surface area contributed by atoms with Crippen molar-refractivity contribution in [2.45, 2.75) is 83.8 Å². The number of hydrazine groups is 1. The van der Waals surface area contributed by atoms with Gasteiger partial charge in [-0.3, -0.25) is 19.6 Å². The Kier molecular flexibility index (Phi) is 10.5. The lowest BCUT2D eigenvalue weighted by Crippen LogP contribution is -2.63. The van der Waals surface area contributed by atoms with Crippen LogP contribution in [-0.2, 0) is 14.4 Å². The third-order valence-corrected chi connectivity index (χ3v) is 5.89. The van der Waals surface area contributed by atoms with Crippen LogP contribution in [0.4, 0.5) is 0 Å². The molecule has 1 saturated carbocycles. The van der Waals surface area contributed by atoms with Crippen LogP contribution in [0, 0.1) is 5.92 Å². The number of hydrogen-bond donors (Lipinski definition) is 3. The number of carbonyl (C=O) groups excluding carboxylic acids is 3. The Labute approximate surface area is 196 Å². The standard InChI is InChI=1S/C25H38N4O4/c1-18(2)16-17-23(30)29(28(25(32)19(3)26)21-13-7-8-14-21)22(24(31)27-33)15-9-12-20-10-5-4-6-11-20/h4-6,9-12,18-19,21-22,33H,7-8,13-17,26H2,1-3H3,(H,27,31)/t19-,22+/m0/s1. The van der Waals surface area contributed by atoms with E-state index in [1.165, 1.54) is 10.0 Å². The van der Waals surface area contributed by atoms with Crippen molar-refractivity contribution in [2.24, 2.45) is 11.7 Å². The lowest BCUT2D eigenvalue weighted by molar-refractivity contribution is -0.180. The Bertz CT molecular complexity index is 804. The molecule has 1 aromatic carbocycles. The average Bonchev–Trinajstić information content (AvgIpc) is 3.33. The monoisotopic (exact) mass is 458 g/mol. The molecule has 33 heavy (non-hydrogen) atoms. The topological polar surface area (TPSA) is 116 Å². The minimum Gasteiger partial charge on any atom is -0.320 e. The highest BCUT2D eigenvalue weighted by Crippen LogP contribution is 2.28. The van der Waals surface area contributed by atoms with E-state index in [1.54, 1.807) is 18.5 Å². The van der Waals surface area contributed by atoms with E-state index in [0.29, 0.717) is 6.42 Å². The maximum Gasteiger partial charge on any atom is 0.268 e. The van der Waals surface area contributed by atoms with Gasteiger partial charge in [0.2, 0.25) is 5.91 Å². The van der Waals surface area contributed by atoms with E-state index in [9.17, 15) is 19.6 Å². The number of nitrogens with zero attached hydrogens (tertiary/aromatic N) is 2. The smallest absolute Gasteiger partial charge is 0.268 e. The van der Waals surface area contributed by atoms with Gasteiger partial charge in [-0.25, -0.2) is 15.5 Å². The Morgan fingerprint density at radius 2 is 1.79 bits per heavy atom. The van der Waals surface area contributed by atoms with Gasteiger partial charge in [-0.15, -0.1) is 0 Å². The second-order valence-electron chi connectivity index (χ2n) is 9.12. The summed E-state index contributed by atoms with van der Waals surface area (Å²) < 4.78 is 0. The molecule has 0 spiro atoms. The van der Waals surface area contributed by atoms with E-state index in [2.05, 4.69) is 0 Å². The van der Waals surface area contributed by atoms with Crippen molar-refractivity contribution in [3.63, 3.8) is 0 Å². The minimum atomic E-state index is -1.09. The van der Waals surface area contributed by atoms with Crippen molar-refractivity contribution in [3.05, 3.63) is 42.0 Å². The number of carbonyl (C=O) groups is 3. The molecular weight excluding hydrogens is 420 g/mol. The van der Waals surface area contributed by atoms with Gasteiger partial charge in [-0.05, 0) is 44.1 Å². The summed E-state index contributed by atoms with van der Waals surface area (Å²) in [5.74, 6) is -1.19. The Morgan fingerprint density at radius 3 is 2.33 bits per heavy atom. The van der Waals surface area contributed by atoms with Gasteiger partial charge in [0.05, 0.1) is 12.1 Å². The molecule has 4 N–H and O–H groups in total. The van der Waals surface area contributed by atoms with Crippen molar-refractivity contribution >= 4 is 23.8 Å². The summed E-state index contributed by atoms with van der Waals surface area (Å²) in [6.07, 6.45) is 7.91. The highest BCUT2D eigenvalue weighted by molar-refractivity contribution is 5.90. The van der Waals surface area contributed by atoms with Crippen molar-refractivity contribution in [1.29, 1.82) is 0 Å². The van der Waals surface area contributed by atoms with Crippen LogP contribution in [0.15, 0.2) is 36.4 Å². The highest BCUT2D eigenvalue weighted by atomic mass is 16.5. The van der Waals surface area contributed by atoms with Crippen LogP contribution in [0.25, 0.3) is 6.08 Å². The Hall–Kier alpha value is -2.71. The molecule has 1 aromatic rings. The molecule has 2 atom stereocenters. The van der Waals surface area contributed by atoms with Gasteiger partial charge in [0.1, 0.15) is 6.04 Å². The molecule has 3 amide bonds. The quantitative estimate of drug-likeness (QED) is 0.368. The lowest BCUT2D eigenvalue weighted by atomic mass is 10.1. The highest BCUT2D eigenvalue weighted by Gasteiger charge is 2.41. The van der Waals surface area contributed by atoms with E-state index in [1.807, 2.05) is 50.3 Å². The summed E-state index contributed by atoms with van der Waals surface area (Å²) in [5.41, 5.74) is 8.59. The fourth-order valence-corrected chi connectivity index (χ4v) is 4.08. The van der Waals surface area contributed by atoms with Crippen LogP contribution in [0.2, 0.25) is 0 Å². The summed E-state index contributed by atoms with van der Waals surface area (Å²) in [6.45, 7) is 5.61. The zero-order valence-electron chi connectivity index (χ0n) is 19.9. The first-order valence-electron chi connectivity index (χ1n) is 11.8. The van der Waals surface area contributed by atoms with Gasteiger partial charge in [-0.2, -0.15) is 0 Å². The Morgan fingerprint density at radius 1 is 1.15 bits per heavy atom. The van der Waals surface area contributed by atoms with Gasteiger partial charge in [0, 0.05) is 6.42 Å². The molecule has 0 aromatic heterocycles. The van der Waals surface area contributed by atoms with Crippen LogP contribution in [0.5, 0.6) is 0 Å². The zero-order valence-corrected chi connectivity index (χ0v) is 19.9. The van der Waals surface area contributed by atoms with Crippen LogP contribution < -0.4 is 11.2 Å². The SMILES string of the molecule is CC(C)CCC(=O)N([C@H](CC=Cc1ccccc1)C(=O)NO)N(C(=O)[C@H](C)N)C1CCCC1. The van der Waals surface area contributed by atoms with Crippen molar-refractivity contribution in [1.82, 2.24) is 15.5 Å². The van der Waals surface area contributed by atoms with Crippen LogP contribution in [-0.4, -0.2) is 51.1 Å². The van der Waals surface area contributed by atoms with Crippen molar-refractivity contribution < 1.29 is 19.6 Å². The molecule has 1 fully saturated rings. The molecule has 0 aliphatic heterocycles. The first kappa shape index (κ1) is 26.5. The summed E-state index contributed by atoms with van der Waals surface area (Å²) in [4.78, 5) is 39.5. The minimum absolute atomic E-state index is 0.129. The number of rotatable bonds is 10. The normalized spacial score (nSPS) is 16.1. The molecular formula is C25H38N4O4. The predicted molar refractivity (Wildman–Crippen MR) is 127 cm³/mol. The molecule has 8 heteroatoms. The number of nitrogens with two attached hydrogens (primary N) is 1. The fourth-order valence-electron chi connectivity index (χ4n) is 4.08. The molecule has 0 saturated heterocycles. The first-order valence-corrected chi connectivity index (χ1v) is 11.8. The molecule has 0 radical (unpaired) electrons. The summed E-state index contributed by atoms with van der Waals surface area (Å²) >= 11 is 0. The molecule has 0 bridgehead atoms. The van der Waals surface area contributed by atoms with Gasteiger partial charge in [0.25, 0.3) is 11.8 Å². The molecule has 2 rings (SSSR count). The number of benzene rings is 1. The fraction of sp³-hybridized carbons (Fsp3) is 0.560. The second-order valence-corrected chi connectivity index (χ2v) is 9.12. The number of hydrogen-bond acceptors (Lipinski definition) is 5. The number of hydroxylamine groups is 1. The van der Waals surface area contributed by atoms with Gasteiger partial charge >= 0.3 is 0 Å². The molecule has 0 heterocycles. The summed E-state index contributed by atoms with van der Waals surface area (Å²) in [5, 5.41) is 12.2. The predicted octanol–water partition coefficient (Wildman–Crippen LogP) is 3.26. The third kappa shape index (κ3) is 7.68. The lowest BCUT2D eigenvalue weighted by Gasteiger charge is -2.43. The summed E-state index contributed by atoms with van der Waals surface area (Å²) in [6, 6.07) is 7.44. The first-order chi connectivity index (χ1) is 15.8. The van der Waals surface area contributed by atoms with Gasteiger partial charge < -0.3 is 5.73 Å². The zero-order chi connectivity index (χ0) is 24.4. The molecule has 0 unspecified atom stereocenters. The van der Waals surface area contributed by atoms with E-state index < -0.39 is 23.9 Å². The Balaban J connectivity index is 2.44.